The Morgan fingerprint density at radius 2 is 1.24 bits per heavy atom. The summed E-state index contributed by atoms with van der Waals surface area (Å²) < 4.78 is 55.4. The average molecular weight is 450 g/mol. The zero-order valence-electron chi connectivity index (χ0n) is 24.7. The van der Waals surface area contributed by atoms with Gasteiger partial charge in [-0.3, -0.25) is 0 Å². The van der Waals surface area contributed by atoms with E-state index in [9.17, 15) is 0 Å². The Labute approximate surface area is 209 Å². The first kappa shape index (κ1) is 16.3. The van der Waals surface area contributed by atoms with Crippen molar-refractivity contribution in [2.24, 2.45) is 0 Å². The molecule has 0 spiro atoms. The van der Waals surface area contributed by atoms with E-state index < -0.39 is 24.4 Å². The van der Waals surface area contributed by atoms with E-state index in [1.165, 1.54) is 0 Å². The number of benzene rings is 4. The van der Waals surface area contributed by atoms with Crippen LogP contribution in [0.25, 0.3) is 22.3 Å². The normalized spacial score (nSPS) is 19.6. The zero-order chi connectivity index (χ0) is 27.9. The maximum absolute atomic E-state index is 8.85. The van der Waals surface area contributed by atoms with Crippen LogP contribution < -0.4 is 10.4 Å². The molecule has 6 rings (SSSR count). The fraction of sp³-hybridized carbons (Fsp3) is 0.200. The van der Waals surface area contributed by atoms with Crippen LogP contribution in [0.5, 0.6) is 0 Å². The van der Waals surface area contributed by atoms with E-state index in [1.54, 1.807) is 4.90 Å². The summed E-state index contributed by atoms with van der Waals surface area (Å²) in [5, 5.41) is 0. The van der Waals surface area contributed by atoms with Gasteiger partial charge in [0.15, 0.2) is 0 Å². The smallest absolute Gasteiger partial charge is 0.399 e. The maximum Gasteiger partial charge on any atom is 0.494 e. The second kappa shape index (κ2) is 7.59. The largest absolute Gasteiger partial charge is 0.494 e. The molecule has 3 nitrogen and oxygen atoms in total. The van der Waals surface area contributed by atoms with E-state index in [0.717, 1.165) is 27.7 Å². The number of anilines is 3. The highest BCUT2D eigenvalue weighted by Crippen LogP contribution is 2.50. The molecule has 4 heteroatoms. The quantitative estimate of drug-likeness (QED) is 0.268. The Kier molecular flexibility index (Phi) is 3.64. The van der Waals surface area contributed by atoms with Crippen LogP contribution in [0.1, 0.15) is 34.5 Å². The van der Waals surface area contributed by atoms with Crippen molar-refractivity contribution in [3.8, 4) is 22.3 Å². The minimum Gasteiger partial charge on any atom is -0.399 e. The Hall–Kier alpha value is -3.34. The van der Waals surface area contributed by atoms with Crippen LogP contribution in [0.15, 0.2) is 96.9 Å². The Morgan fingerprint density at radius 1 is 0.676 bits per heavy atom. The van der Waals surface area contributed by atoms with E-state index in [0.29, 0.717) is 11.4 Å². The Morgan fingerprint density at radius 3 is 1.88 bits per heavy atom. The summed E-state index contributed by atoms with van der Waals surface area (Å²) in [6.07, 6.45) is 0. The molecule has 1 saturated heterocycles. The highest BCUT2D eigenvalue weighted by atomic mass is 16.7. The van der Waals surface area contributed by atoms with Gasteiger partial charge in [-0.2, -0.15) is 0 Å². The highest BCUT2D eigenvalue weighted by molar-refractivity contribution is 6.62. The number of para-hydroxylation sites is 2. The van der Waals surface area contributed by atoms with Crippen molar-refractivity contribution in [3.63, 3.8) is 0 Å². The highest BCUT2D eigenvalue weighted by Gasteiger charge is 2.51. The lowest BCUT2D eigenvalue weighted by Gasteiger charge is -2.32. The fourth-order valence-electron chi connectivity index (χ4n) is 4.66. The molecule has 0 bridgehead atoms. The lowest BCUT2D eigenvalue weighted by molar-refractivity contribution is 0.00578. The molecule has 0 saturated carbocycles. The second-order valence-corrected chi connectivity index (χ2v) is 9.74. The van der Waals surface area contributed by atoms with E-state index >= 15 is 0 Å². The van der Waals surface area contributed by atoms with Gasteiger partial charge in [-0.25, -0.2) is 0 Å². The van der Waals surface area contributed by atoms with E-state index in [2.05, 4.69) is 0 Å². The lowest BCUT2D eigenvalue weighted by Crippen LogP contribution is -2.41. The van der Waals surface area contributed by atoms with Gasteiger partial charge >= 0.3 is 7.12 Å². The van der Waals surface area contributed by atoms with Crippen molar-refractivity contribution in [2.75, 3.05) is 4.90 Å². The van der Waals surface area contributed by atoms with Gasteiger partial charge in [0.25, 0.3) is 0 Å². The third-order valence-electron chi connectivity index (χ3n) is 7.15. The molecule has 1 fully saturated rings. The summed E-state index contributed by atoms with van der Waals surface area (Å²) in [4.78, 5) is 1.79. The maximum atomic E-state index is 8.85. The van der Waals surface area contributed by atoms with Crippen LogP contribution in [0.2, 0.25) is 0 Å². The molecular weight excluding hydrogens is 417 g/mol. The molecule has 0 unspecified atom stereocenters. The molecule has 0 N–H and O–H groups in total. The summed E-state index contributed by atoms with van der Waals surface area (Å²) in [5.74, 6) is 0. The van der Waals surface area contributed by atoms with E-state index in [4.69, 9.17) is 16.2 Å². The molecule has 0 radical (unpaired) electrons. The molecule has 4 aromatic carbocycles. The number of rotatable bonds is 2. The van der Waals surface area contributed by atoms with Crippen LogP contribution in [-0.4, -0.2) is 18.3 Å². The van der Waals surface area contributed by atoms with Gasteiger partial charge in [0.1, 0.15) is 0 Å². The molecule has 2 aliphatic rings. The summed E-state index contributed by atoms with van der Waals surface area (Å²) in [6, 6.07) is 20.0. The van der Waals surface area contributed by atoms with E-state index in [1.807, 2.05) is 94.4 Å². The minimum absolute atomic E-state index is 0.0913. The molecule has 2 aliphatic heterocycles. The van der Waals surface area contributed by atoms with Gasteiger partial charge in [0.05, 0.1) is 29.4 Å². The molecule has 2 heterocycles. The van der Waals surface area contributed by atoms with Crippen molar-refractivity contribution in [2.45, 2.75) is 38.9 Å². The van der Waals surface area contributed by atoms with Crippen molar-refractivity contribution < 1.29 is 16.2 Å². The standard InChI is InChI=1S/C30H28BNO2/c1-29(2)30(3,4)34-31(33-29)21-18-19-26-24-15-9-8-14-23(24)25-16-10-11-17-27(25)32(28(26)20-21)22-12-6-5-7-13-22/h5-20H,1-4H3/i5D,6D,7D,12D,13D. The molecule has 168 valence electrons. The molecule has 0 aromatic heterocycles. The number of fused-ring (bicyclic) bond motifs is 5. The van der Waals surface area contributed by atoms with Gasteiger partial charge in [-0.15, -0.1) is 0 Å². The molecule has 34 heavy (non-hydrogen) atoms. The zero-order valence-corrected chi connectivity index (χ0v) is 19.7. The van der Waals surface area contributed by atoms with Gasteiger partial charge < -0.3 is 14.2 Å². The predicted octanol–water partition coefficient (Wildman–Crippen LogP) is 7.10. The third kappa shape index (κ3) is 3.21. The summed E-state index contributed by atoms with van der Waals surface area (Å²) >= 11 is 0. The molecule has 0 atom stereocenters. The van der Waals surface area contributed by atoms with Crippen LogP contribution in [-0.2, 0) is 9.31 Å². The van der Waals surface area contributed by atoms with Gasteiger partial charge in [0, 0.05) is 16.8 Å². The van der Waals surface area contributed by atoms with Crippen molar-refractivity contribution in [3.05, 3.63) is 96.9 Å². The van der Waals surface area contributed by atoms with E-state index in [-0.39, 0.29) is 29.9 Å². The van der Waals surface area contributed by atoms with Crippen LogP contribution >= 0.6 is 0 Å². The van der Waals surface area contributed by atoms with Gasteiger partial charge in [-0.1, -0.05) is 72.7 Å². The van der Waals surface area contributed by atoms with Gasteiger partial charge in [0.2, 0.25) is 0 Å². The summed E-state index contributed by atoms with van der Waals surface area (Å²) in [5.41, 5.74) is 4.94. The second-order valence-electron chi connectivity index (χ2n) is 9.74. The van der Waals surface area contributed by atoms with Crippen molar-refractivity contribution in [1.82, 2.24) is 0 Å². The SMILES string of the molecule is [2H]c1c([2H])c([2H])c(N2c3ccccc3-c3ccccc3-c3ccc(B4OC(C)(C)C(C)(C)O4)cc32)c([2H])c1[2H]. The van der Waals surface area contributed by atoms with Gasteiger partial charge in [-0.05, 0) is 68.5 Å². The summed E-state index contributed by atoms with van der Waals surface area (Å²) in [6.45, 7) is 8.01. The van der Waals surface area contributed by atoms with Crippen LogP contribution in [0.4, 0.5) is 17.1 Å². The number of hydrogen-bond donors (Lipinski definition) is 0. The Bertz CT molecular complexity index is 1610. The lowest BCUT2D eigenvalue weighted by atomic mass is 9.78. The van der Waals surface area contributed by atoms with Crippen LogP contribution in [0, 0.1) is 0 Å². The average Bonchev–Trinajstić information content (AvgIpc) is 3.07. The Balaban J connectivity index is 1.69. The fourth-order valence-corrected chi connectivity index (χ4v) is 4.66. The summed E-state index contributed by atoms with van der Waals surface area (Å²) in [7, 11) is -0.629. The third-order valence-corrected chi connectivity index (χ3v) is 7.15. The van der Waals surface area contributed by atoms with Crippen LogP contribution in [0.3, 0.4) is 0 Å². The number of nitrogens with zero attached hydrogens (tertiary/aromatic N) is 1. The first-order valence-electron chi connectivity index (χ1n) is 14.0. The van der Waals surface area contributed by atoms with Crippen molar-refractivity contribution in [1.29, 1.82) is 0 Å². The minimum atomic E-state index is -0.629. The molecule has 0 amide bonds. The molecule has 4 aromatic rings. The monoisotopic (exact) mass is 450 g/mol. The molecular formula is C30H28BNO2. The first-order valence-corrected chi connectivity index (χ1v) is 11.5. The number of hydrogen-bond acceptors (Lipinski definition) is 3. The topological polar surface area (TPSA) is 21.7 Å². The van der Waals surface area contributed by atoms with Crippen molar-refractivity contribution >= 4 is 29.6 Å². The molecule has 0 aliphatic carbocycles. The first-order chi connectivity index (χ1) is 18.4. The predicted molar refractivity (Wildman–Crippen MR) is 141 cm³/mol.